The van der Waals surface area contributed by atoms with Crippen LogP contribution in [0.4, 0.5) is 5.82 Å². The topological polar surface area (TPSA) is 110 Å². The van der Waals surface area contributed by atoms with Crippen LogP contribution in [0.2, 0.25) is 0 Å². The molecule has 0 unspecified atom stereocenters. The smallest absolute Gasteiger partial charge is 0.254 e. The largest absolute Gasteiger partial charge is 0.384 e. The third-order valence-corrected chi connectivity index (χ3v) is 5.34. The molecule has 10 heteroatoms. The lowest BCUT2D eigenvalue weighted by atomic mass is 10.1. The SMILES string of the molecule is CN(C)C(=O)[C@@H]1CCCN1C(=O)c1cc(N)n2nc(-c3nccs3)nc2c1. The molecule has 4 rings (SSSR count). The molecule has 0 radical (unpaired) electrons. The number of aromatic nitrogens is 4. The normalized spacial score (nSPS) is 16.8. The highest BCUT2D eigenvalue weighted by atomic mass is 32.1. The van der Waals surface area contributed by atoms with Crippen molar-refractivity contribution in [2.75, 3.05) is 26.4 Å². The zero-order valence-corrected chi connectivity index (χ0v) is 15.8. The second kappa shape index (κ2) is 6.62. The zero-order chi connectivity index (χ0) is 19.1. The Labute approximate surface area is 159 Å². The predicted octanol–water partition coefficient (Wildman–Crippen LogP) is 1.13. The highest BCUT2D eigenvalue weighted by Gasteiger charge is 2.35. The number of likely N-dealkylation sites (N-methyl/N-ethyl adjacent to an activating group) is 1. The lowest BCUT2D eigenvalue weighted by molar-refractivity contribution is -0.132. The molecule has 9 nitrogen and oxygen atoms in total. The molecule has 140 valence electrons. The molecule has 1 saturated heterocycles. The first-order valence-corrected chi connectivity index (χ1v) is 9.42. The average molecular weight is 385 g/mol. The third-order valence-electron chi connectivity index (χ3n) is 4.57. The number of likely N-dealkylation sites (tertiary alicyclic amines) is 1. The van der Waals surface area contributed by atoms with E-state index in [2.05, 4.69) is 15.1 Å². The maximum absolute atomic E-state index is 13.0. The summed E-state index contributed by atoms with van der Waals surface area (Å²) in [5.74, 6) is 0.480. The number of carbonyl (C=O) groups is 2. The van der Waals surface area contributed by atoms with E-state index in [9.17, 15) is 9.59 Å². The number of fused-ring (bicyclic) bond motifs is 1. The highest BCUT2D eigenvalue weighted by Crippen LogP contribution is 2.24. The van der Waals surface area contributed by atoms with Crippen LogP contribution in [0.5, 0.6) is 0 Å². The quantitative estimate of drug-likeness (QED) is 0.724. The van der Waals surface area contributed by atoms with Gasteiger partial charge in [-0.3, -0.25) is 9.59 Å². The molecular formula is C17H19N7O2S. The Bertz CT molecular complexity index is 1010. The summed E-state index contributed by atoms with van der Waals surface area (Å²) in [7, 11) is 3.40. The molecule has 27 heavy (non-hydrogen) atoms. The Balaban J connectivity index is 1.69. The second-order valence-electron chi connectivity index (χ2n) is 6.60. The summed E-state index contributed by atoms with van der Waals surface area (Å²) >= 11 is 1.43. The molecule has 2 N–H and O–H groups in total. The predicted molar refractivity (Wildman–Crippen MR) is 101 cm³/mol. The molecule has 1 fully saturated rings. The van der Waals surface area contributed by atoms with Crippen molar-refractivity contribution in [2.24, 2.45) is 0 Å². The van der Waals surface area contributed by atoms with E-state index in [1.807, 2.05) is 5.38 Å². The number of nitrogens with zero attached hydrogens (tertiary/aromatic N) is 6. The van der Waals surface area contributed by atoms with Gasteiger partial charge in [-0.25, -0.2) is 9.97 Å². The molecule has 4 heterocycles. The minimum atomic E-state index is -0.436. The van der Waals surface area contributed by atoms with Crippen molar-refractivity contribution < 1.29 is 9.59 Å². The molecule has 3 aromatic heterocycles. The molecule has 3 aromatic rings. The lowest BCUT2D eigenvalue weighted by Gasteiger charge is -2.26. The van der Waals surface area contributed by atoms with E-state index in [0.29, 0.717) is 40.8 Å². The number of hydrogen-bond acceptors (Lipinski definition) is 7. The van der Waals surface area contributed by atoms with Gasteiger partial charge in [-0.2, -0.15) is 4.52 Å². The maximum Gasteiger partial charge on any atom is 0.254 e. The van der Waals surface area contributed by atoms with Crippen molar-refractivity contribution in [3.05, 3.63) is 29.3 Å². The molecule has 0 aromatic carbocycles. The van der Waals surface area contributed by atoms with Gasteiger partial charge in [0.05, 0.1) is 0 Å². The Morgan fingerprint density at radius 3 is 2.85 bits per heavy atom. The van der Waals surface area contributed by atoms with Crippen molar-refractivity contribution >= 4 is 34.6 Å². The molecule has 0 aliphatic carbocycles. The zero-order valence-electron chi connectivity index (χ0n) is 15.0. The fourth-order valence-electron chi connectivity index (χ4n) is 3.29. The van der Waals surface area contributed by atoms with Crippen LogP contribution in [-0.4, -0.2) is 67.9 Å². The fourth-order valence-corrected chi connectivity index (χ4v) is 3.85. The number of amides is 2. The minimum Gasteiger partial charge on any atom is -0.384 e. The number of hydrogen-bond donors (Lipinski definition) is 1. The monoisotopic (exact) mass is 385 g/mol. The van der Waals surface area contributed by atoms with Crippen LogP contribution in [0, 0.1) is 0 Å². The molecule has 2 amide bonds. The number of anilines is 1. The van der Waals surface area contributed by atoms with Crippen molar-refractivity contribution in [1.29, 1.82) is 0 Å². The fraction of sp³-hybridized carbons (Fsp3) is 0.353. The number of pyridine rings is 1. The molecule has 0 saturated carbocycles. The van der Waals surface area contributed by atoms with E-state index >= 15 is 0 Å². The number of rotatable bonds is 3. The molecule has 1 atom stereocenters. The average Bonchev–Trinajstić information content (AvgIpc) is 3.38. The van der Waals surface area contributed by atoms with Crippen LogP contribution in [0.25, 0.3) is 16.5 Å². The van der Waals surface area contributed by atoms with E-state index in [1.54, 1.807) is 37.3 Å². The minimum absolute atomic E-state index is 0.0663. The van der Waals surface area contributed by atoms with E-state index < -0.39 is 6.04 Å². The molecule has 1 aliphatic rings. The molecule has 0 spiro atoms. The summed E-state index contributed by atoms with van der Waals surface area (Å²) in [5, 5.41) is 6.89. The lowest BCUT2D eigenvalue weighted by Crippen LogP contribution is -2.45. The third kappa shape index (κ3) is 3.01. The van der Waals surface area contributed by atoms with E-state index in [1.165, 1.54) is 20.8 Å². The van der Waals surface area contributed by atoms with E-state index in [4.69, 9.17) is 5.73 Å². The van der Waals surface area contributed by atoms with Crippen LogP contribution in [-0.2, 0) is 4.79 Å². The Kier molecular flexibility index (Phi) is 4.27. The Hall–Kier alpha value is -3.01. The van der Waals surface area contributed by atoms with E-state index in [0.717, 1.165) is 6.42 Å². The van der Waals surface area contributed by atoms with Crippen LogP contribution in [0.3, 0.4) is 0 Å². The Morgan fingerprint density at radius 1 is 1.33 bits per heavy atom. The van der Waals surface area contributed by atoms with Gasteiger partial charge in [0.15, 0.2) is 10.7 Å². The number of nitrogens with two attached hydrogens (primary N) is 1. The van der Waals surface area contributed by atoms with Crippen molar-refractivity contribution in [1.82, 2.24) is 29.4 Å². The van der Waals surface area contributed by atoms with Crippen LogP contribution in [0.15, 0.2) is 23.7 Å². The Morgan fingerprint density at radius 2 is 2.15 bits per heavy atom. The first kappa shape index (κ1) is 17.4. The molecule has 0 bridgehead atoms. The summed E-state index contributed by atoms with van der Waals surface area (Å²) in [6, 6.07) is 2.79. The first-order valence-electron chi connectivity index (χ1n) is 8.54. The van der Waals surface area contributed by atoms with Gasteiger partial charge >= 0.3 is 0 Å². The van der Waals surface area contributed by atoms with Gasteiger partial charge in [0.1, 0.15) is 11.9 Å². The van der Waals surface area contributed by atoms with Gasteiger partial charge in [0.2, 0.25) is 11.7 Å². The summed E-state index contributed by atoms with van der Waals surface area (Å²) < 4.78 is 1.49. The van der Waals surface area contributed by atoms with Gasteiger partial charge < -0.3 is 15.5 Å². The molecular weight excluding hydrogens is 366 g/mol. The summed E-state index contributed by atoms with van der Waals surface area (Å²) in [4.78, 5) is 37.2. The van der Waals surface area contributed by atoms with Crippen LogP contribution < -0.4 is 5.73 Å². The summed E-state index contributed by atoms with van der Waals surface area (Å²) in [6.07, 6.45) is 3.14. The number of thiazole rings is 1. The van der Waals surface area contributed by atoms with Gasteiger partial charge in [-0.05, 0) is 25.0 Å². The number of carbonyl (C=O) groups excluding carboxylic acids is 2. The maximum atomic E-state index is 13.0. The van der Waals surface area contributed by atoms with Gasteiger partial charge in [0.25, 0.3) is 5.91 Å². The highest BCUT2D eigenvalue weighted by molar-refractivity contribution is 7.13. The van der Waals surface area contributed by atoms with Crippen LogP contribution in [0.1, 0.15) is 23.2 Å². The number of nitrogen functional groups attached to an aromatic ring is 1. The van der Waals surface area contributed by atoms with Crippen molar-refractivity contribution in [2.45, 2.75) is 18.9 Å². The first-order chi connectivity index (χ1) is 13.0. The van der Waals surface area contributed by atoms with E-state index in [-0.39, 0.29) is 11.8 Å². The van der Waals surface area contributed by atoms with Gasteiger partial charge in [0, 0.05) is 37.8 Å². The standard InChI is InChI=1S/C17H19N7O2S/c1-22(2)17(26)11-4-3-6-23(11)16(25)10-8-12(18)24-13(9-10)20-14(21-24)15-19-5-7-27-15/h5,7-9,11H,3-4,6,18H2,1-2H3/t11-/m0/s1. The van der Waals surface area contributed by atoms with Gasteiger partial charge in [-0.15, -0.1) is 16.4 Å². The van der Waals surface area contributed by atoms with Gasteiger partial charge in [-0.1, -0.05) is 0 Å². The summed E-state index contributed by atoms with van der Waals surface area (Å²) in [6.45, 7) is 0.547. The van der Waals surface area contributed by atoms with Crippen LogP contribution >= 0.6 is 11.3 Å². The second-order valence-corrected chi connectivity index (χ2v) is 7.50. The molecule has 1 aliphatic heterocycles. The van der Waals surface area contributed by atoms with Crippen molar-refractivity contribution in [3.63, 3.8) is 0 Å². The summed E-state index contributed by atoms with van der Waals surface area (Å²) in [5.41, 5.74) is 6.97. The van der Waals surface area contributed by atoms with Crippen molar-refractivity contribution in [3.8, 4) is 10.8 Å².